The Morgan fingerprint density at radius 3 is 2.44 bits per heavy atom. The van der Waals surface area contributed by atoms with E-state index in [4.69, 9.17) is 26.3 Å². The fourth-order valence-electron chi connectivity index (χ4n) is 3.51. The van der Waals surface area contributed by atoms with Crippen molar-refractivity contribution in [2.75, 3.05) is 12.4 Å². The lowest BCUT2D eigenvalue weighted by atomic mass is 10.1. The van der Waals surface area contributed by atoms with Crippen molar-refractivity contribution in [3.05, 3.63) is 96.3 Å². The van der Waals surface area contributed by atoms with Gasteiger partial charge in [-0.25, -0.2) is 9.97 Å². The largest absolute Gasteiger partial charge is 0.497 e. The van der Waals surface area contributed by atoms with Gasteiger partial charge in [-0.05, 0) is 65.7 Å². The van der Waals surface area contributed by atoms with Crippen LogP contribution in [0.5, 0.6) is 5.75 Å². The van der Waals surface area contributed by atoms with Gasteiger partial charge in [-0.3, -0.25) is 4.98 Å². The number of nitrogens with zero attached hydrogens (tertiary/aromatic N) is 3. The summed E-state index contributed by atoms with van der Waals surface area (Å²) in [4.78, 5) is 13.8. The average molecular weight is 439 g/mol. The second-order valence-corrected chi connectivity index (χ2v) is 7.67. The Kier molecular flexibility index (Phi) is 5.40. The Balaban J connectivity index is 1.60. The zero-order valence-electron chi connectivity index (χ0n) is 17.3. The molecule has 5 nitrogen and oxygen atoms in total. The number of pyridine rings is 1. The number of ether oxygens (including phenoxy) is 1. The van der Waals surface area contributed by atoms with Crippen LogP contribution in [0.2, 0.25) is 5.02 Å². The molecule has 6 heteroatoms. The molecule has 0 aliphatic heterocycles. The zero-order chi connectivity index (χ0) is 21.9. The molecule has 2 heterocycles. The van der Waals surface area contributed by atoms with Gasteiger partial charge in [0.1, 0.15) is 11.6 Å². The summed E-state index contributed by atoms with van der Waals surface area (Å²) in [7, 11) is 1.65. The van der Waals surface area contributed by atoms with E-state index in [0.717, 1.165) is 39.0 Å². The molecule has 0 saturated carbocycles. The minimum absolute atomic E-state index is 0.604. The lowest BCUT2D eigenvalue weighted by Gasteiger charge is -2.13. The molecular weight excluding hydrogens is 420 g/mol. The number of benzene rings is 3. The second kappa shape index (κ2) is 8.65. The molecule has 0 aliphatic carbocycles. The smallest absolute Gasteiger partial charge is 0.163 e. The topological polar surface area (TPSA) is 59.9 Å². The molecule has 0 bridgehead atoms. The third-order valence-electron chi connectivity index (χ3n) is 5.13. The normalized spacial score (nSPS) is 10.8. The molecule has 32 heavy (non-hydrogen) atoms. The fraction of sp³-hybridized carbons (Fsp3) is 0.0385. The van der Waals surface area contributed by atoms with Crippen molar-refractivity contribution in [3.63, 3.8) is 0 Å². The van der Waals surface area contributed by atoms with E-state index in [0.29, 0.717) is 16.7 Å². The predicted octanol–water partition coefficient (Wildman–Crippen LogP) is 6.76. The lowest BCUT2D eigenvalue weighted by Crippen LogP contribution is -2.00. The van der Waals surface area contributed by atoms with Gasteiger partial charge in [0.05, 0.1) is 12.6 Å². The van der Waals surface area contributed by atoms with E-state index in [9.17, 15) is 0 Å². The average Bonchev–Trinajstić information content (AvgIpc) is 2.85. The maximum atomic E-state index is 6.04. The molecule has 0 radical (unpaired) electrons. The summed E-state index contributed by atoms with van der Waals surface area (Å²) in [6, 6.07) is 25.6. The maximum Gasteiger partial charge on any atom is 0.163 e. The molecule has 0 unspecified atom stereocenters. The summed E-state index contributed by atoms with van der Waals surface area (Å²) in [5, 5.41) is 5.06. The van der Waals surface area contributed by atoms with Crippen LogP contribution in [0, 0.1) is 0 Å². The van der Waals surface area contributed by atoms with Gasteiger partial charge in [-0.1, -0.05) is 35.9 Å². The van der Waals surface area contributed by atoms with E-state index in [1.807, 2.05) is 66.7 Å². The number of hydrogen-bond acceptors (Lipinski definition) is 5. The summed E-state index contributed by atoms with van der Waals surface area (Å²) in [5.41, 5.74) is 4.75. The number of hydrogen-bond donors (Lipinski definition) is 1. The highest BCUT2D eigenvalue weighted by molar-refractivity contribution is 6.30. The molecule has 0 spiro atoms. The van der Waals surface area contributed by atoms with Gasteiger partial charge in [0.25, 0.3) is 0 Å². The molecule has 0 fully saturated rings. The van der Waals surface area contributed by atoms with Crippen LogP contribution >= 0.6 is 11.6 Å². The van der Waals surface area contributed by atoms with Crippen LogP contribution in [0.1, 0.15) is 0 Å². The Labute approximate surface area is 190 Å². The van der Waals surface area contributed by atoms with Crippen LogP contribution in [-0.4, -0.2) is 22.1 Å². The molecular formula is C26H19ClN4O. The van der Waals surface area contributed by atoms with Crippen LogP contribution in [0.25, 0.3) is 33.4 Å². The first kappa shape index (κ1) is 20.0. The number of halogens is 1. The first-order valence-corrected chi connectivity index (χ1v) is 10.5. The van der Waals surface area contributed by atoms with Gasteiger partial charge in [-0.15, -0.1) is 0 Å². The number of rotatable bonds is 5. The quantitative estimate of drug-likeness (QED) is 0.328. The molecule has 0 aliphatic rings. The van der Waals surface area contributed by atoms with Crippen molar-refractivity contribution >= 4 is 34.0 Å². The minimum Gasteiger partial charge on any atom is -0.497 e. The third-order valence-corrected chi connectivity index (χ3v) is 5.38. The number of anilines is 2. The molecule has 5 aromatic rings. The molecule has 5 rings (SSSR count). The number of aromatic nitrogens is 3. The van der Waals surface area contributed by atoms with E-state index >= 15 is 0 Å². The molecule has 1 N–H and O–H groups in total. The number of methoxy groups -OCH3 is 1. The molecule has 0 saturated heterocycles. The van der Waals surface area contributed by atoms with Gasteiger partial charge >= 0.3 is 0 Å². The fourth-order valence-corrected chi connectivity index (χ4v) is 3.64. The van der Waals surface area contributed by atoms with E-state index in [1.54, 1.807) is 19.5 Å². The highest BCUT2D eigenvalue weighted by atomic mass is 35.5. The number of fused-ring (bicyclic) bond motifs is 1. The van der Waals surface area contributed by atoms with Crippen LogP contribution < -0.4 is 10.1 Å². The van der Waals surface area contributed by atoms with Crippen molar-refractivity contribution < 1.29 is 4.74 Å². The Morgan fingerprint density at radius 2 is 1.66 bits per heavy atom. The van der Waals surface area contributed by atoms with E-state index in [1.165, 1.54) is 0 Å². The summed E-state index contributed by atoms with van der Waals surface area (Å²) < 4.78 is 5.42. The third kappa shape index (κ3) is 4.11. The summed E-state index contributed by atoms with van der Waals surface area (Å²) >= 11 is 6.04. The Morgan fingerprint density at radius 1 is 0.812 bits per heavy atom. The van der Waals surface area contributed by atoms with Crippen LogP contribution in [0.3, 0.4) is 0 Å². The summed E-state index contributed by atoms with van der Waals surface area (Å²) in [5.74, 6) is 2.04. The van der Waals surface area contributed by atoms with Gasteiger partial charge < -0.3 is 10.1 Å². The first-order chi connectivity index (χ1) is 15.7. The minimum atomic E-state index is 0.604. The number of nitrogens with one attached hydrogen (secondary N) is 1. The van der Waals surface area contributed by atoms with E-state index in [2.05, 4.69) is 22.4 Å². The van der Waals surface area contributed by atoms with Gasteiger partial charge in [0, 0.05) is 34.1 Å². The first-order valence-electron chi connectivity index (χ1n) is 10.1. The zero-order valence-corrected chi connectivity index (χ0v) is 18.0. The monoisotopic (exact) mass is 438 g/mol. The SMILES string of the molecule is COc1ccc2nc(-c3cccnc3)nc(Nc3cccc(-c4ccc(Cl)cc4)c3)c2c1. The Bertz CT molecular complexity index is 1390. The van der Waals surface area contributed by atoms with Crippen molar-refractivity contribution in [1.82, 2.24) is 15.0 Å². The molecule has 0 atom stereocenters. The highest BCUT2D eigenvalue weighted by Gasteiger charge is 2.12. The molecule has 156 valence electrons. The summed E-state index contributed by atoms with van der Waals surface area (Å²) in [6.45, 7) is 0. The van der Waals surface area contributed by atoms with Gasteiger partial charge in [0.2, 0.25) is 0 Å². The van der Waals surface area contributed by atoms with Crippen molar-refractivity contribution in [2.45, 2.75) is 0 Å². The lowest BCUT2D eigenvalue weighted by molar-refractivity contribution is 0.415. The molecule has 2 aromatic heterocycles. The van der Waals surface area contributed by atoms with Crippen LogP contribution in [0.15, 0.2) is 91.3 Å². The van der Waals surface area contributed by atoms with Crippen molar-refractivity contribution in [3.8, 4) is 28.3 Å². The summed E-state index contributed by atoms with van der Waals surface area (Å²) in [6.07, 6.45) is 3.49. The predicted molar refractivity (Wildman–Crippen MR) is 129 cm³/mol. The standard InChI is InChI=1S/C26H19ClN4O/c1-32-22-11-12-24-23(15-22)26(31-25(30-24)19-5-3-13-28-16-19)29-21-6-2-4-18(14-21)17-7-9-20(27)10-8-17/h2-16H,1H3,(H,29,30,31). The van der Waals surface area contributed by atoms with Gasteiger partial charge in [0.15, 0.2) is 5.82 Å². The van der Waals surface area contributed by atoms with Crippen LogP contribution in [-0.2, 0) is 0 Å². The van der Waals surface area contributed by atoms with Crippen LogP contribution in [0.4, 0.5) is 11.5 Å². The highest BCUT2D eigenvalue weighted by Crippen LogP contribution is 2.31. The Hall–Kier alpha value is -3.96. The maximum absolute atomic E-state index is 6.04. The van der Waals surface area contributed by atoms with Gasteiger partial charge in [-0.2, -0.15) is 0 Å². The molecule has 3 aromatic carbocycles. The van der Waals surface area contributed by atoms with E-state index in [-0.39, 0.29) is 0 Å². The van der Waals surface area contributed by atoms with Crippen molar-refractivity contribution in [1.29, 1.82) is 0 Å². The molecule has 0 amide bonds. The second-order valence-electron chi connectivity index (χ2n) is 7.23. The van der Waals surface area contributed by atoms with E-state index < -0.39 is 0 Å². The van der Waals surface area contributed by atoms with Crippen molar-refractivity contribution in [2.24, 2.45) is 0 Å².